The van der Waals surface area contributed by atoms with Crippen molar-refractivity contribution in [3.63, 3.8) is 0 Å². The molecule has 9 heteroatoms. The highest BCUT2D eigenvalue weighted by Gasteiger charge is 2.43. The second-order valence-electron chi connectivity index (χ2n) is 7.85. The number of piperidine rings is 1. The topological polar surface area (TPSA) is 78.7 Å². The molecule has 0 bridgehead atoms. The molecule has 0 amide bonds. The van der Waals surface area contributed by atoms with Crippen molar-refractivity contribution in [2.45, 2.75) is 44.4 Å². The van der Waals surface area contributed by atoms with E-state index in [4.69, 9.17) is 0 Å². The number of anilines is 1. The molecule has 1 unspecified atom stereocenters. The lowest BCUT2D eigenvalue weighted by atomic mass is 9.74. The number of alkyl halides is 3. The Kier molecular flexibility index (Phi) is 4.52. The fraction of sp³-hybridized carbons (Fsp3) is 0.579. The van der Waals surface area contributed by atoms with E-state index in [0.29, 0.717) is 38.9 Å². The molecule has 3 aliphatic rings. The Hall–Kier alpha value is -2.29. The van der Waals surface area contributed by atoms with E-state index in [9.17, 15) is 23.1 Å². The van der Waals surface area contributed by atoms with Gasteiger partial charge >= 0.3 is 6.18 Å². The molecular weight excluding hydrogens is 373 g/mol. The van der Waals surface area contributed by atoms with Crippen molar-refractivity contribution in [3.8, 4) is 0 Å². The zero-order chi connectivity index (χ0) is 20.1. The summed E-state index contributed by atoms with van der Waals surface area (Å²) in [4.78, 5) is 25.9. The number of nitrogens with zero attached hydrogens (tertiary/aromatic N) is 4. The molecule has 0 saturated carbocycles. The van der Waals surface area contributed by atoms with Crippen LogP contribution < -0.4 is 4.90 Å². The van der Waals surface area contributed by atoms with Gasteiger partial charge in [-0.2, -0.15) is 13.2 Å². The Morgan fingerprint density at radius 3 is 2.68 bits per heavy atom. The number of ketones is 1. The smallest absolute Gasteiger partial charge is 0.385 e. The Morgan fingerprint density at radius 2 is 2.00 bits per heavy atom. The molecule has 0 spiro atoms. The first kappa shape index (κ1) is 19.0. The summed E-state index contributed by atoms with van der Waals surface area (Å²) in [5.74, 6) is 0.211. The summed E-state index contributed by atoms with van der Waals surface area (Å²) >= 11 is 0. The molecule has 0 aromatic carbocycles. The Morgan fingerprint density at radius 1 is 1.29 bits per heavy atom. The van der Waals surface area contributed by atoms with Crippen LogP contribution in [0.25, 0.3) is 0 Å². The number of halogens is 3. The van der Waals surface area contributed by atoms with Crippen LogP contribution in [-0.4, -0.2) is 51.8 Å². The third-order valence-corrected chi connectivity index (χ3v) is 5.64. The largest absolute Gasteiger partial charge is 0.433 e. The molecule has 1 aromatic rings. The maximum absolute atomic E-state index is 12.9. The van der Waals surface area contributed by atoms with Crippen LogP contribution in [0.1, 0.15) is 38.3 Å². The maximum atomic E-state index is 12.9. The summed E-state index contributed by atoms with van der Waals surface area (Å²) in [6, 6.07) is 0.865. The molecule has 1 aromatic heterocycles. The lowest BCUT2D eigenvalue weighted by Gasteiger charge is -2.36. The minimum atomic E-state index is -4.50. The average molecular weight is 394 g/mol. The molecule has 150 valence electrons. The molecule has 1 saturated heterocycles. The molecular formula is C19H21F3N4O2. The second-order valence-corrected chi connectivity index (χ2v) is 7.85. The van der Waals surface area contributed by atoms with Gasteiger partial charge < -0.3 is 10.0 Å². The first-order valence-electron chi connectivity index (χ1n) is 9.31. The number of aromatic nitrogens is 2. The number of aliphatic hydroxyl groups is 1. The van der Waals surface area contributed by atoms with Crippen molar-refractivity contribution in [2.24, 2.45) is 10.9 Å². The van der Waals surface area contributed by atoms with Gasteiger partial charge in [-0.15, -0.1) is 0 Å². The molecule has 28 heavy (non-hydrogen) atoms. The van der Waals surface area contributed by atoms with E-state index in [1.54, 1.807) is 11.8 Å². The highest BCUT2D eigenvalue weighted by Crippen LogP contribution is 2.40. The monoisotopic (exact) mass is 394 g/mol. The predicted molar refractivity (Wildman–Crippen MR) is 96.2 cm³/mol. The van der Waals surface area contributed by atoms with E-state index in [-0.39, 0.29) is 24.1 Å². The SMILES string of the molecule is CC1(O)CC(=O)CC2=C1C(C1CCN(c3nccc(C(F)(F)F)n3)CC1)=NC2. The van der Waals surface area contributed by atoms with Gasteiger partial charge in [0.05, 0.1) is 12.1 Å². The van der Waals surface area contributed by atoms with Crippen molar-refractivity contribution in [3.05, 3.63) is 29.1 Å². The molecule has 2 aliphatic heterocycles. The zero-order valence-corrected chi connectivity index (χ0v) is 15.5. The first-order valence-corrected chi connectivity index (χ1v) is 9.31. The molecule has 3 heterocycles. The van der Waals surface area contributed by atoms with Crippen LogP contribution >= 0.6 is 0 Å². The Balaban J connectivity index is 1.48. The van der Waals surface area contributed by atoms with Crippen molar-refractivity contribution >= 4 is 17.4 Å². The fourth-order valence-electron chi connectivity index (χ4n) is 4.44. The summed E-state index contributed by atoms with van der Waals surface area (Å²) in [6.07, 6.45) is -1.57. The van der Waals surface area contributed by atoms with E-state index in [2.05, 4.69) is 15.0 Å². The molecule has 1 atom stereocenters. The van der Waals surface area contributed by atoms with Crippen molar-refractivity contribution in [2.75, 3.05) is 24.5 Å². The standard InChI is InChI=1S/C19H21F3N4O2/c1-18(28)9-13(27)8-12-10-24-16(15(12)18)11-3-6-26(7-4-11)17-23-5-2-14(25-17)19(20,21)22/h2,5,11,28H,3-4,6-10H2,1H3. The van der Waals surface area contributed by atoms with Crippen LogP contribution in [0, 0.1) is 5.92 Å². The highest BCUT2D eigenvalue weighted by molar-refractivity contribution is 6.08. The number of rotatable bonds is 2. The van der Waals surface area contributed by atoms with Crippen LogP contribution in [0.3, 0.4) is 0 Å². The molecule has 6 nitrogen and oxygen atoms in total. The van der Waals surface area contributed by atoms with Crippen LogP contribution in [-0.2, 0) is 11.0 Å². The van der Waals surface area contributed by atoms with Crippen LogP contribution in [0.5, 0.6) is 0 Å². The van der Waals surface area contributed by atoms with Gasteiger partial charge in [0, 0.05) is 49.3 Å². The van der Waals surface area contributed by atoms with E-state index in [1.165, 1.54) is 0 Å². The van der Waals surface area contributed by atoms with Crippen molar-refractivity contribution in [1.29, 1.82) is 0 Å². The van der Waals surface area contributed by atoms with E-state index < -0.39 is 17.5 Å². The van der Waals surface area contributed by atoms with Crippen molar-refractivity contribution < 1.29 is 23.1 Å². The van der Waals surface area contributed by atoms with Gasteiger partial charge in [-0.05, 0) is 31.4 Å². The van der Waals surface area contributed by atoms with Gasteiger partial charge in [0.25, 0.3) is 0 Å². The number of hydrogen-bond acceptors (Lipinski definition) is 6. The van der Waals surface area contributed by atoms with Gasteiger partial charge in [-0.3, -0.25) is 9.79 Å². The minimum Gasteiger partial charge on any atom is -0.385 e. The second kappa shape index (κ2) is 6.65. The van der Waals surface area contributed by atoms with Gasteiger partial charge in [-0.1, -0.05) is 0 Å². The molecule has 0 radical (unpaired) electrons. The summed E-state index contributed by atoms with van der Waals surface area (Å²) in [5, 5.41) is 10.8. The van der Waals surface area contributed by atoms with Crippen LogP contribution in [0.2, 0.25) is 0 Å². The van der Waals surface area contributed by atoms with Gasteiger partial charge in [-0.25, -0.2) is 9.97 Å². The Labute approximate surface area is 160 Å². The summed E-state index contributed by atoms with van der Waals surface area (Å²) < 4.78 is 38.6. The minimum absolute atomic E-state index is 0.0247. The molecule has 1 aliphatic carbocycles. The normalized spacial score (nSPS) is 26.5. The number of Topliss-reactive ketones (excluding diaryl/α,β-unsaturated/α-hetero) is 1. The summed E-state index contributed by atoms with van der Waals surface area (Å²) in [6.45, 7) is 3.12. The van der Waals surface area contributed by atoms with E-state index in [0.717, 1.165) is 29.1 Å². The molecule has 4 rings (SSSR count). The number of carbonyl (C=O) groups excluding carboxylic acids is 1. The maximum Gasteiger partial charge on any atom is 0.433 e. The van der Waals surface area contributed by atoms with Crippen LogP contribution in [0.4, 0.5) is 19.1 Å². The third-order valence-electron chi connectivity index (χ3n) is 5.64. The van der Waals surface area contributed by atoms with Gasteiger partial charge in [0.15, 0.2) is 0 Å². The molecule has 1 N–H and O–H groups in total. The van der Waals surface area contributed by atoms with E-state index >= 15 is 0 Å². The van der Waals surface area contributed by atoms with Crippen molar-refractivity contribution in [1.82, 2.24) is 9.97 Å². The number of hydrogen-bond donors (Lipinski definition) is 1. The summed E-state index contributed by atoms with van der Waals surface area (Å²) in [7, 11) is 0. The van der Waals surface area contributed by atoms with Crippen LogP contribution in [0.15, 0.2) is 28.4 Å². The zero-order valence-electron chi connectivity index (χ0n) is 15.5. The lowest BCUT2D eigenvalue weighted by molar-refractivity contribution is -0.141. The number of aliphatic imine (C=N–C) groups is 1. The van der Waals surface area contributed by atoms with E-state index in [1.807, 2.05) is 0 Å². The number of carbonyl (C=O) groups is 1. The summed E-state index contributed by atoms with van der Waals surface area (Å²) in [5.41, 5.74) is 0.428. The lowest BCUT2D eigenvalue weighted by Crippen LogP contribution is -2.42. The third kappa shape index (κ3) is 3.43. The van der Waals surface area contributed by atoms with Gasteiger partial charge in [0.1, 0.15) is 11.5 Å². The fourth-order valence-corrected chi connectivity index (χ4v) is 4.44. The molecule has 1 fully saturated rings. The average Bonchev–Trinajstić information content (AvgIpc) is 3.05. The predicted octanol–water partition coefficient (Wildman–Crippen LogP) is 2.58. The highest BCUT2D eigenvalue weighted by atomic mass is 19.4. The van der Waals surface area contributed by atoms with Gasteiger partial charge in [0.2, 0.25) is 5.95 Å². The first-order chi connectivity index (χ1) is 13.1. The quantitative estimate of drug-likeness (QED) is 0.834. The Bertz CT molecular complexity index is 868.